The molecule has 0 saturated heterocycles. The molecule has 0 spiro atoms. The second-order valence-electron chi connectivity index (χ2n) is 5.16. The quantitative estimate of drug-likeness (QED) is 0.747. The molecule has 2 aromatic carbocycles. The minimum absolute atomic E-state index is 0. The molecule has 0 atom stereocenters. The number of hydrogen-bond acceptors (Lipinski definition) is 3. The van der Waals surface area contributed by atoms with Crippen LogP contribution < -0.4 is 15.2 Å². The summed E-state index contributed by atoms with van der Waals surface area (Å²) in [5.41, 5.74) is 10.4. The zero-order valence-corrected chi connectivity index (χ0v) is 14.1. The second-order valence-corrected chi connectivity index (χ2v) is 5.16. The van der Waals surface area contributed by atoms with Gasteiger partial charge in [-0.2, -0.15) is 0 Å². The van der Waals surface area contributed by atoms with E-state index in [1.165, 1.54) is 5.56 Å². The summed E-state index contributed by atoms with van der Waals surface area (Å²) >= 11 is 0. The average Bonchev–Trinajstić information content (AvgIpc) is 2.93. The first-order valence-corrected chi connectivity index (χ1v) is 7.30. The molecule has 0 aliphatic carbocycles. The van der Waals surface area contributed by atoms with E-state index in [2.05, 4.69) is 23.2 Å². The number of ether oxygens (including phenoxy) is 2. The van der Waals surface area contributed by atoms with Crippen LogP contribution in [0.3, 0.4) is 0 Å². The molecule has 5 heteroatoms. The molecule has 0 bridgehead atoms. The number of rotatable bonds is 5. The fourth-order valence-corrected chi connectivity index (χ4v) is 2.76. The summed E-state index contributed by atoms with van der Waals surface area (Å²) in [6.07, 6.45) is 0.814. The molecular weight excluding hydrogens is 312 g/mol. The van der Waals surface area contributed by atoms with Crippen molar-refractivity contribution in [3.8, 4) is 22.8 Å². The molecule has 0 fully saturated rings. The molecule has 3 rings (SSSR count). The maximum atomic E-state index is 5.81. The van der Waals surface area contributed by atoms with E-state index in [-0.39, 0.29) is 12.4 Å². The summed E-state index contributed by atoms with van der Waals surface area (Å²) < 4.78 is 10.6. The maximum Gasteiger partial charge on any atom is 0.119 e. The van der Waals surface area contributed by atoms with E-state index in [4.69, 9.17) is 15.2 Å². The number of aromatic amines is 1. The van der Waals surface area contributed by atoms with Crippen LogP contribution in [0.5, 0.6) is 11.5 Å². The molecule has 0 aliphatic rings. The monoisotopic (exact) mass is 332 g/mol. The van der Waals surface area contributed by atoms with Crippen LogP contribution in [0.2, 0.25) is 0 Å². The number of hydrogen-bond donors (Lipinski definition) is 2. The summed E-state index contributed by atoms with van der Waals surface area (Å²) in [6, 6.07) is 14.1. The number of benzene rings is 2. The highest BCUT2D eigenvalue weighted by Gasteiger charge is 2.13. The Morgan fingerprint density at radius 2 is 1.61 bits per heavy atom. The van der Waals surface area contributed by atoms with Crippen molar-refractivity contribution in [2.24, 2.45) is 5.73 Å². The maximum absolute atomic E-state index is 5.81. The third kappa shape index (κ3) is 3.28. The first kappa shape index (κ1) is 17.2. The van der Waals surface area contributed by atoms with Crippen LogP contribution in [0.25, 0.3) is 22.2 Å². The van der Waals surface area contributed by atoms with Crippen LogP contribution in [-0.2, 0) is 6.42 Å². The fourth-order valence-electron chi connectivity index (χ4n) is 2.76. The van der Waals surface area contributed by atoms with Gasteiger partial charge in [-0.15, -0.1) is 12.4 Å². The molecule has 0 aliphatic heterocycles. The van der Waals surface area contributed by atoms with E-state index in [1.807, 2.05) is 24.3 Å². The lowest BCUT2D eigenvalue weighted by Gasteiger charge is -2.06. The van der Waals surface area contributed by atoms with Gasteiger partial charge in [-0.1, -0.05) is 0 Å². The van der Waals surface area contributed by atoms with Gasteiger partial charge in [0, 0.05) is 16.6 Å². The first-order chi connectivity index (χ1) is 10.8. The van der Waals surface area contributed by atoms with Crippen molar-refractivity contribution in [3.63, 3.8) is 0 Å². The van der Waals surface area contributed by atoms with Gasteiger partial charge in [0.2, 0.25) is 0 Å². The summed E-state index contributed by atoms with van der Waals surface area (Å²) in [5.74, 6) is 1.70. The van der Waals surface area contributed by atoms with Crippen LogP contribution in [0.1, 0.15) is 5.56 Å². The molecule has 0 unspecified atom stereocenters. The summed E-state index contributed by atoms with van der Waals surface area (Å²) in [6.45, 7) is 0.604. The van der Waals surface area contributed by atoms with Crippen molar-refractivity contribution in [1.82, 2.24) is 4.98 Å². The van der Waals surface area contributed by atoms with E-state index < -0.39 is 0 Å². The van der Waals surface area contributed by atoms with E-state index in [9.17, 15) is 0 Å². The summed E-state index contributed by atoms with van der Waals surface area (Å²) in [4.78, 5) is 3.50. The number of halogens is 1. The van der Waals surface area contributed by atoms with Crippen molar-refractivity contribution in [2.75, 3.05) is 20.8 Å². The van der Waals surface area contributed by atoms with Crippen molar-refractivity contribution in [3.05, 3.63) is 48.0 Å². The Hall–Kier alpha value is -2.17. The molecule has 0 amide bonds. The first-order valence-electron chi connectivity index (χ1n) is 7.30. The number of aromatic nitrogens is 1. The number of methoxy groups -OCH3 is 2. The Kier molecular flexibility index (Phi) is 5.53. The lowest BCUT2D eigenvalue weighted by Crippen LogP contribution is -2.03. The minimum atomic E-state index is 0. The van der Waals surface area contributed by atoms with Crippen LogP contribution in [0.4, 0.5) is 0 Å². The predicted octanol–water partition coefficient (Wildman–Crippen LogP) is 3.78. The van der Waals surface area contributed by atoms with Gasteiger partial charge in [0.25, 0.3) is 0 Å². The lowest BCUT2D eigenvalue weighted by atomic mass is 10.0. The van der Waals surface area contributed by atoms with Crippen molar-refractivity contribution in [1.29, 1.82) is 0 Å². The summed E-state index contributed by atoms with van der Waals surface area (Å²) in [7, 11) is 3.35. The zero-order chi connectivity index (χ0) is 15.5. The SMILES string of the molecule is COc1ccc(-c2[nH]c3ccc(OC)cc3c2CCN)cc1.Cl. The van der Waals surface area contributed by atoms with E-state index >= 15 is 0 Å². The molecular formula is C18H21ClN2O2. The third-order valence-corrected chi connectivity index (χ3v) is 3.89. The van der Waals surface area contributed by atoms with Gasteiger partial charge < -0.3 is 20.2 Å². The number of nitrogens with two attached hydrogens (primary N) is 1. The van der Waals surface area contributed by atoms with Gasteiger partial charge in [0.15, 0.2) is 0 Å². The van der Waals surface area contributed by atoms with Gasteiger partial charge in [-0.05, 0) is 66.6 Å². The van der Waals surface area contributed by atoms with Gasteiger partial charge in [-0.3, -0.25) is 0 Å². The van der Waals surface area contributed by atoms with Gasteiger partial charge in [0.05, 0.1) is 14.2 Å². The number of fused-ring (bicyclic) bond motifs is 1. The Balaban J connectivity index is 0.00000192. The normalized spacial score (nSPS) is 10.4. The Bertz CT molecular complexity index is 782. The highest BCUT2D eigenvalue weighted by Crippen LogP contribution is 2.33. The standard InChI is InChI=1S/C18H20N2O2.ClH/c1-21-13-5-3-12(4-6-13)18-15(9-10-19)16-11-14(22-2)7-8-17(16)20-18;/h3-8,11,20H,9-10,19H2,1-2H3;1H. The van der Waals surface area contributed by atoms with E-state index in [1.54, 1.807) is 14.2 Å². The number of nitrogens with one attached hydrogen (secondary N) is 1. The molecule has 23 heavy (non-hydrogen) atoms. The largest absolute Gasteiger partial charge is 0.497 e. The van der Waals surface area contributed by atoms with Crippen LogP contribution in [-0.4, -0.2) is 25.7 Å². The summed E-state index contributed by atoms with van der Waals surface area (Å²) in [5, 5.41) is 1.16. The smallest absolute Gasteiger partial charge is 0.119 e. The molecule has 1 heterocycles. The molecule has 4 nitrogen and oxygen atoms in total. The predicted molar refractivity (Wildman–Crippen MR) is 96.8 cm³/mol. The van der Waals surface area contributed by atoms with Crippen LogP contribution in [0, 0.1) is 0 Å². The van der Waals surface area contributed by atoms with E-state index in [0.29, 0.717) is 6.54 Å². The highest BCUT2D eigenvalue weighted by atomic mass is 35.5. The van der Waals surface area contributed by atoms with Gasteiger partial charge in [-0.25, -0.2) is 0 Å². The Labute approximate surface area is 142 Å². The minimum Gasteiger partial charge on any atom is -0.497 e. The topological polar surface area (TPSA) is 60.3 Å². The molecule has 0 saturated carbocycles. The molecule has 0 radical (unpaired) electrons. The van der Waals surface area contributed by atoms with Gasteiger partial charge >= 0.3 is 0 Å². The molecule has 3 aromatic rings. The second kappa shape index (κ2) is 7.40. The van der Waals surface area contributed by atoms with E-state index in [0.717, 1.165) is 40.1 Å². The average molecular weight is 333 g/mol. The van der Waals surface area contributed by atoms with Crippen LogP contribution in [0.15, 0.2) is 42.5 Å². The molecule has 1 aromatic heterocycles. The Morgan fingerprint density at radius 3 is 2.22 bits per heavy atom. The number of H-pyrrole nitrogens is 1. The van der Waals surface area contributed by atoms with Gasteiger partial charge in [0.1, 0.15) is 11.5 Å². The van der Waals surface area contributed by atoms with Crippen molar-refractivity contribution >= 4 is 23.3 Å². The Morgan fingerprint density at radius 1 is 0.957 bits per heavy atom. The van der Waals surface area contributed by atoms with Crippen LogP contribution >= 0.6 is 12.4 Å². The van der Waals surface area contributed by atoms with Crippen molar-refractivity contribution < 1.29 is 9.47 Å². The molecule has 3 N–H and O–H groups in total. The zero-order valence-electron chi connectivity index (χ0n) is 13.3. The highest BCUT2D eigenvalue weighted by molar-refractivity contribution is 5.91. The van der Waals surface area contributed by atoms with Crippen molar-refractivity contribution in [2.45, 2.75) is 6.42 Å². The molecule has 122 valence electrons. The fraction of sp³-hybridized carbons (Fsp3) is 0.222. The third-order valence-electron chi connectivity index (χ3n) is 3.89. The lowest BCUT2D eigenvalue weighted by molar-refractivity contribution is 0.415.